The number of rotatable bonds is 2. The Bertz CT molecular complexity index is 719. The predicted molar refractivity (Wildman–Crippen MR) is 70.3 cm³/mol. The summed E-state index contributed by atoms with van der Waals surface area (Å²) in [7, 11) is 1.46. The molecule has 0 N–H and O–H groups in total. The summed E-state index contributed by atoms with van der Waals surface area (Å²) in [6.45, 7) is 0. The average Bonchev–Trinajstić information content (AvgIpc) is 2.46. The Labute approximate surface area is 114 Å². The molecule has 20 heavy (non-hydrogen) atoms. The lowest BCUT2D eigenvalue weighted by Crippen LogP contribution is -2.14. The highest BCUT2D eigenvalue weighted by Gasteiger charge is 2.18. The highest BCUT2D eigenvalue weighted by molar-refractivity contribution is 5.69. The van der Waals surface area contributed by atoms with Gasteiger partial charge < -0.3 is 4.90 Å². The van der Waals surface area contributed by atoms with E-state index in [9.17, 15) is 8.78 Å². The largest absolute Gasteiger partial charge is 0.339 e. The van der Waals surface area contributed by atoms with Crippen LogP contribution < -0.4 is 4.90 Å². The van der Waals surface area contributed by atoms with Crippen LogP contribution in [0.2, 0.25) is 0 Å². The van der Waals surface area contributed by atoms with E-state index in [4.69, 9.17) is 10.5 Å². The van der Waals surface area contributed by atoms with Crippen molar-refractivity contribution in [2.75, 3.05) is 11.9 Å². The summed E-state index contributed by atoms with van der Waals surface area (Å²) in [5.74, 6) is -1.70. The number of hydrogen-bond acceptors (Lipinski definition) is 3. The zero-order valence-electron chi connectivity index (χ0n) is 10.6. The molecule has 0 unspecified atom stereocenters. The molecule has 0 fully saturated rings. The molecule has 0 heterocycles. The van der Waals surface area contributed by atoms with E-state index in [-0.39, 0.29) is 11.3 Å². The van der Waals surface area contributed by atoms with E-state index in [1.54, 1.807) is 30.3 Å². The fourth-order valence-electron chi connectivity index (χ4n) is 1.93. The van der Waals surface area contributed by atoms with Gasteiger partial charge in [0.2, 0.25) is 0 Å². The Morgan fingerprint density at radius 3 is 2.15 bits per heavy atom. The van der Waals surface area contributed by atoms with Crippen molar-refractivity contribution in [1.29, 1.82) is 10.5 Å². The second kappa shape index (κ2) is 5.38. The summed E-state index contributed by atoms with van der Waals surface area (Å²) in [4.78, 5) is 1.25. The van der Waals surface area contributed by atoms with Gasteiger partial charge in [-0.25, -0.2) is 8.78 Å². The van der Waals surface area contributed by atoms with Gasteiger partial charge in [0.25, 0.3) is 0 Å². The first-order valence-corrected chi connectivity index (χ1v) is 5.70. The number of halogens is 2. The summed E-state index contributed by atoms with van der Waals surface area (Å²) in [6, 6.07) is 12.1. The van der Waals surface area contributed by atoms with Crippen LogP contribution in [-0.2, 0) is 0 Å². The van der Waals surface area contributed by atoms with Gasteiger partial charge in [0, 0.05) is 7.05 Å². The third-order valence-electron chi connectivity index (χ3n) is 2.87. The van der Waals surface area contributed by atoms with Crippen molar-refractivity contribution in [3.05, 3.63) is 59.2 Å². The smallest absolute Gasteiger partial charge is 0.151 e. The van der Waals surface area contributed by atoms with Crippen molar-refractivity contribution in [2.24, 2.45) is 0 Å². The lowest BCUT2D eigenvalue weighted by atomic mass is 10.1. The monoisotopic (exact) mass is 269 g/mol. The van der Waals surface area contributed by atoms with E-state index in [0.29, 0.717) is 11.3 Å². The molecule has 0 aliphatic heterocycles. The Hall–Kier alpha value is -2.92. The minimum atomic E-state index is -0.850. The second-order valence-corrected chi connectivity index (χ2v) is 4.09. The molecule has 0 saturated carbocycles. The lowest BCUT2D eigenvalue weighted by molar-refractivity contribution is 0.583. The molecule has 5 heteroatoms. The van der Waals surface area contributed by atoms with Crippen LogP contribution in [0.1, 0.15) is 11.1 Å². The van der Waals surface area contributed by atoms with Crippen LogP contribution in [0.25, 0.3) is 0 Å². The highest BCUT2D eigenvalue weighted by atomic mass is 19.1. The molecule has 0 aliphatic carbocycles. The van der Waals surface area contributed by atoms with Crippen molar-refractivity contribution in [3.8, 4) is 12.1 Å². The first-order chi connectivity index (χ1) is 9.58. The SMILES string of the molecule is CN(c1ccccc1C#N)c1c(F)cc(C#N)cc1F. The van der Waals surface area contributed by atoms with Gasteiger partial charge in [-0.1, -0.05) is 12.1 Å². The third-order valence-corrected chi connectivity index (χ3v) is 2.87. The summed E-state index contributed by atoms with van der Waals surface area (Å²) < 4.78 is 27.9. The maximum absolute atomic E-state index is 14.0. The zero-order chi connectivity index (χ0) is 14.7. The second-order valence-electron chi connectivity index (χ2n) is 4.09. The van der Waals surface area contributed by atoms with Crippen LogP contribution >= 0.6 is 0 Å². The molecule has 0 atom stereocenters. The van der Waals surface area contributed by atoms with Crippen LogP contribution in [0, 0.1) is 34.3 Å². The van der Waals surface area contributed by atoms with Crippen molar-refractivity contribution in [2.45, 2.75) is 0 Å². The minimum absolute atomic E-state index is 0.0919. The van der Waals surface area contributed by atoms with E-state index in [0.717, 1.165) is 12.1 Å². The molecule has 0 aromatic heterocycles. The number of nitriles is 2. The Morgan fingerprint density at radius 2 is 1.60 bits per heavy atom. The highest BCUT2D eigenvalue weighted by Crippen LogP contribution is 2.31. The predicted octanol–water partition coefficient (Wildman–Crippen LogP) is 3.48. The van der Waals surface area contributed by atoms with E-state index < -0.39 is 11.6 Å². The standard InChI is InChI=1S/C15H9F2N3/c1-20(14-5-3-2-4-11(14)9-19)15-12(16)6-10(8-18)7-13(15)17/h2-7H,1H3. The first-order valence-electron chi connectivity index (χ1n) is 5.70. The van der Waals surface area contributed by atoms with E-state index in [2.05, 4.69) is 0 Å². The number of nitrogens with zero attached hydrogens (tertiary/aromatic N) is 3. The Kier molecular flexibility index (Phi) is 3.63. The van der Waals surface area contributed by atoms with Crippen LogP contribution in [0.15, 0.2) is 36.4 Å². The molecule has 0 spiro atoms. The number of para-hydroxylation sites is 1. The van der Waals surface area contributed by atoms with Gasteiger partial charge in [-0.05, 0) is 24.3 Å². The van der Waals surface area contributed by atoms with Crippen molar-refractivity contribution in [1.82, 2.24) is 0 Å². The van der Waals surface area contributed by atoms with Gasteiger partial charge in [0.1, 0.15) is 11.8 Å². The average molecular weight is 269 g/mol. The van der Waals surface area contributed by atoms with Gasteiger partial charge in [-0.3, -0.25) is 0 Å². The number of anilines is 2. The topological polar surface area (TPSA) is 50.8 Å². The van der Waals surface area contributed by atoms with Gasteiger partial charge in [0.05, 0.1) is 22.9 Å². The van der Waals surface area contributed by atoms with E-state index >= 15 is 0 Å². The maximum atomic E-state index is 14.0. The quantitative estimate of drug-likeness (QED) is 0.838. The van der Waals surface area contributed by atoms with Gasteiger partial charge >= 0.3 is 0 Å². The molecule has 2 aromatic carbocycles. The molecule has 0 radical (unpaired) electrons. The van der Waals surface area contributed by atoms with Crippen LogP contribution in [0.3, 0.4) is 0 Å². The summed E-state index contributed by atoms with van der Waals surface area (Å²) in [5.41, 5.74) is 0.299. The summed E-state index contributed by atoms with van der Waals surface area (Å²) >= 11 is 0. The van der Waals surface area contributed by atoms with Gasteiger partial charge in [0.15, 0.2) is 11.6 Å². The molecule has 0 bridgehead atoms. The molecular formula is C15H9F2N3. The molecule has 98 valence electrons. The minimum Gasteiger partial charge on any atom is -0.339 e. The molecule has 0 aliphatic rings. The fourth-order valence-corrected chi connectivity index (χ4v) is 1.93. The van der Waals surface area contributed by atoms with Gasteiger partial charge in [-0.15, -0.1) is 0 Å². The number of benzene rings is 2. The number of hydrogen-bond donors (Lipinski definition) is 0. The first kappa shape index (κ1) is 13.5. The fraction of sp³-hybridized carbons (Fsp3) is 0.0667. The van der Waals surface area contributed by atoms with Crippen LogP contribution in [0.5, 0.6) is 0 Å². The molecular weight excluding hydrogens is 260 g/mol. The Balaban J connectivity index is 2.58. The third kappa shape index (κ3) is 2.30. The molecule has 0 saturated heterocycles. The van der Waals surface area contributed by atoms with Crippen molar-refractivity contribution in [3.63, 3.8) is 0 Å². The summed E-state index contributed by atoms with van der Waals surface area (Å²) in [6.07, 6.45) is 0. The van der Waals surface area contributed by atoms with Crippen LogP contribution in [0.4, 0.5) is 20.2 Å². The van der Waals surface area contributed by atoms with E-state index in [1.165, 1.54) is 11.9 Å². The molecule has 3 nitrogen and oxygen atoms in total. The maximum Gasteiger partial charge on any atom is 0.151 e. The Morgan fingerprint density at radius 1 is 1.00 bits per heavy atom. The van der Waals surface area contributed by atoms with E-state index in [1.807, 2.05) is 6.07 Å². The molecule has 2 rings (SSSR count). The summed E-state index contributed by atoms with van der Waals surface area (Å²) in [5, 5.41) is 17.7. The molecule has 0 amide bonds. The molecule has 2 aromatic rings. The van der Waals surface area contributed by atoms with Crippen LogP contribution in [-0.4, -0.2) is 7.05 Å². The van der Waals surface area contributed by atoms with Gasteiger partial charge in [-0.2, -0.15) is 10.5 Å². The zero-order valence-corrected chi connectivity index (χ0v) is 10.6. The lowest BCUT2D eigenvalue weighted by Gasteiger charge is -2.21. The normalized spacial score (nSPS) is 9.65. The van der Waals surface area contributed by atoms with Crippen molar-refractivity contribution >= 4 is 11.4 Å². The van der Waals surface area contributed by atoms with Crippen molar-refractivity contribution < 1.29 is 8.78 Å².